The van der Waals surface area contributed by atoms with Crippen LogP contribution in [0.1, 0.15) is 24.5 Å². The van der Waals surface area contributed by atoms with Gasteiger partial charge >= 0.3 is 0 Å². The number of para-hydroxylation sites is 2. The third-order valence-electron chi connectivity index (χ3n) is 2.91. The van der Waals surface area contributed by atoms with Crippen LogP contribution in [0.2, 0.25) is 0 Å². The van der Waals surface area contributed by atoms with Crippen LogP contribution in [-0.4, -0.2) is 17.4 Å². The van der Waals surface area contributed by atoms with Crippen molar-refractivity contribution in [2.24, 2.45) is 5.73 Å². The molecule has 21 heavy (non-hydrogen) atoms. The van der Waals surface area contributed by atoms with Crippen LogP contribution >= 0.6 is 0 Å². The lowest BCUT2D eigenvalue weighted by Crippen LogP contribution is -2.15. The van der Waals surface area contributed by atoms with Crippen molar-refractivity contribution >= 4 is 5.84 Å². The van der Waals surface area contributed by atoms with E-state index in [1.165, 1.54) is 0 Å². The van der Waals surface area contributed by atoms with Crippen molar-refractivity contribution in [1.82, 2.24) is 4.98 Å². The molecule has 0 saturated heterocycles. The van der Waals surface area contributed by atoms with Crippen LogP contribution in [0.3, 0.4) is 0 Å². The average Bonchev–Trinajstić information content (AvgIpc) is 2.46. The van der Waals surface area contributed by atoms with Crippen LogP contribution in [0.25, 0.3) is 0 Å². The van der Waals surface area contributed by atoms with E-state index in [9.17, 15) is 0 Å². The van der Waals surface area contributed by atoms with Gasteiger partial charge in [-0.2, -0.15) is 0 Å². The summed E-state index contributed by atoms with van der Waals surface area (Å²) in [6.07, 6.45) is 2.54. The fourth-order valence-electron chi connectivity index (χ4n) is 1.91. The third kappa shape index (κ3) is 3.51. The Balaban J connectivity index is 2.35. The Morgan fingerprint density at radius 3 is 2.62 bits per heavy atom. The van der Waals surface area contributed by atoms with Gasteiger partial charge in [0.1, 0.15) is 5.84 Å². The van der Waals surface area contributed by atoms with Crippen molar-refractivity contribution in [3.05, 3.63) is 47.7 Å². The molecule has 1 aromatic heterocycles. The number of amidine groups is 1. The molecule has 0 bridgehead atoms. The molecular weight excluding hydrogens is 266 g/mol. The van der Waals surface area contributed by atoms with Gasteiger partial charge in [-0.1, -0.05) is 19.1 Å². The standard InChI is InChI=1S/C16H19N3O2/c1-3-10-20-12-6-4-5-7-13(12)21-16-14(15(17)18)11(2)8-9-19-16/h4-9H,3,10H2,1-2H3,(H3,17,18). The van der Waals surface area contributed by atoms with E-state index in [1.54, 1.807) is 18.3 Å². The van der Waals surface area contributed by atoms with E-state index in [0.29, 0.717) is 29.5 Å². The van der Waals surface area contributed by atoms with Gasteiger partial charge in [0.25, 0.3) is 0 Å². The van der Waals surface area contributed by atoms with E-state index in [1.807, 2.05) is 32.0 Å². The van der Waals surface area contributed by atoms with Crippen molar-refractivity contribution in [2.75, 3.05) is 6.61 Å². The number of aromatic nitrogens is 1. The molecule has 0 radical (unpaired) electrons. The first-order valence-electron chi connectivity index (χ1n) is 6.83. The summed E-state index contributed by atoms with van der Waals surface area (Å²) in [5.74, 6) is 1.46. The van der Waals surface area contributed by atoms with Crippen molar-refractivity contribution in [1.29, 1.82) is 5.41 Å². The lowest BCUT2D eigenvalue weighted by Gasteiger charge is -2.14. The maximum atomic E-state index is 7.67. The van der Waals surface area contributed by atoms with E-state index < -0.39 is 0 Å². The number of pyridine rings is 1. The highest BCUT2D eigenvalue weighted by Crippen LogP contribution is 2.32. The second-order valence-electron chi connectivity index (χ2n) is 4.62. The van der Waals surface area contributed by atoms with Gasteiger partial charge in [-0.3, -0.25) is 5.41 Å². The molecule has 0 aliphatic carbocycles. The van der Waals surface area contributed by atoms with Crippen LogP contribution in [0.5, 0.6) is 17.4 Å². The molecule has 110 valence electrons. The van der Waals surface area contributed by atoms with Gasteiger partial charge in [-0.15, -0.1) is 0 Å². The second kappa shape index (κ2) is 6.74. The molecule has 0 unspecified atom stereocenters. The minimum Gasteiger partial charge on any atom is -0.490 e. The van der Waals surface area contributed by atoms with Gasteiger partial charge < -0.3 is 15.2 Å². The zero-order valence-corrected chi connectivity index (χ0v) is 12.2. The molecule has 3 N–H and O–H groups in total. The molecular formula is C16H19N3O2. The summed E-state index contributed by atoms with van der Waals surface area (Å²) >= 11 is 0. The molecule has 1 heterocycles. The van der Waals surface area contributed by atoms with Crippen LogP contribution in [0, 0.1) is 12.3 Å². The number of nitrogen functional groups attached to an aromatic ring is 1. The van der Waals surface area contributed by atoms with Crippen LogP contribution in [0.15, 0.2) is 36.5 Å². The SMILES string of the molecule is CCCOc1ccccc1Oc1nccc(C)c1C(=N)N. The van der Waals surface area contributed by atoms with Crippen LogP contribution in [-0.2, 0) is 0 Å². The average molecular weight is 285 g/mol. The van der Waals surface area contributed by atoms with Crippen molar-refractivity contribution in [3.8, 4) is 17.4 Å². The summed E-state index contributed by atoms with van der Waals surface area (Å²) in [5, 5.41) is 7.67. The normalized spacial score (nSPS) is 10.2. The number of nitrogens with two attached hydrogens (primary N) is 1. The summed E-state index contributed by atoms with van der Waals surface area (Å²) in [5.41, 5.74) is 6.97. The third-order valence-corrected chi connectivity index (χ3v) is 2.91. The van der Waals surface area contributed by atoms with Crippen molar-refractivity contribution in [2.45, 2.75) is 20.3 Å². The lowest BCUT2D eigenvalue weighted by atomic mass is 10.1. The first-order valence-corrected chi connectivity index (χ1v) is 6.83. The highest BCUT2D eigenvalue weighted by atomic mass is 16.5. The molecule has 0 spiro atoms. The van der Waals surface area contributed by atoms with Gasteiger partial charge in [0.15, 0.2) is 11.5 Å². The van der Waals surface area contributed by atoms with Crippen LogP contribution in [0.4, 0.5) is 0 Å². The summed E-state index contributed by atoms with van der Waals surface area (Å²) < 4.78 is 11.5. The zero-order chi connectivity index (χ0) is 15.2. The predicted octanol–water partition coefficient (Wildman–Crippen LogP) is 3.26. The molecule has 0 fully saturated rings. The lowest BCUT2D eigenvalue weighted by molar-refractivity contribution is 0.300. The Labute approximate surface area is 124 Å². The topological polar surface area (TPSA) is 81.2 Å². The number of rotatable bonds is 6. The van der Waals surface area contributed by atoms with Crippen molar-refractivity contribution < 1.29 is 9.47 Å². The smallest absolute Gasteiger partial charge is 0.230 e. The largest absolute Gasteiger partial charge is 0.490 e. The van der Waals surface area contributed by atoms with Gasteiger partial charge in [-0.25, -0.2) is 4.98 Å². The fraction of sp³-hybridized carbons (Fsp3) is 0.250. The Morgan fingerprint density at radius 2 is 1.95 bits per heavy atom. The number of hydrogen-bond donors (Lipinski definition) is 2. The maximum absolute atomic E-state index is 7.67. The number of nitrogens with zero attached hydrogens (tertiary/aromatic N) is 1. The quantitative estimate of drug-likeness (QED) is 0.630. The first-order chi connectivity index (χ1) is 10.1. The molecule has 0 aliphatic rings. The summed E-state index contributed by atoms with van der Waals surface area (Å²) in [6.45, 7) is 4.52. The summed E-state index contributed by atoms with van der Waals surface area (Å²) in [6, 6.07) is 9.18. The summed E-state index contributed by atoms with van der Waals surface area (Å²) in [7, 11) is 0. The molecule has 1 aromatic carbocycles. The number of benzene rings is 1. The summed E-state index contributed by atoms with van der Waals surface area (Å²) in [4.78, 5) is 4.18. The molecule has 5 nitrogen and oxygen atoms in total. The van der Waals surface area contributed by atoms with Crippen LogP contribution < -0.4 is 15.2 Å². The number of aryl methyl sites for hydroxylation is 1. The van der Waals surface area contributed by atoms with E-state index >= 15 is 0 Å². The Morgan fingerprint density at radius 1 is 1.24 bits per heavy atom. The zero-order valence-electron chi connectivity index (χ0n) is 12.2. The molecule has 0 saturated carbocycles. The van der Waals surface area contributed by atoms with Gasteiger partial charge in [0.05, 0.1) is 12.2 Å². The number of hydrogen-bond acceptors (Lipinski definition) is 4. The van der Waals surface area contributed by atoms with E-state index in [2.05, 4.69) is 4.98 Å². The highest BCUT2D eigenvalue weighted by molar-refractivity contribution is 5.98. The predicted molar refractivity (Wildman–Crippen MR) is 82.3 cm³/mol. The second-order valence-corrected chi connectivity index (χ2v) is 4.62. The number of ether oxygens (including phenoxy) is 2. The van der Waals surface area contributed by atoms with Crippen molar-refractivity contribution in [3.63, 3.8) is 0 Å². The van der Waals surface area contributed by atoms with Gasteiger partial charge in [0.2, 0.25) is 5.88 Å². The Bertz CT molecular complexity index is 641. The minimum absolute atomic E-state index is 0.0671. The fourth-order valence-corrected chi connectivity index (χ4v) is 1.91. The highest BCUT2D eigenvalue weighted by Gasteiger charge is 2.14. The van der Waals surface area contributed by atoms with E-state index in [-0.39, 0.29) is 5.84 Å². The number of nitrogens with one attached hydrogen (secondary N) is 1. The molecule has 5 heteroatoms. The first kappa shape index (κ1) is 14.8. The molecule has 0 amide bonds. The van der Waals surface area contributed by atoms with E-state index in [0.717, 1.165) is 12.0 Å². The maximum Gasteiger partial charge on any atom is 0.230 e. The Kier molecular flexibility index (Phi) is 4.77. The van der Waals surface area contributed by atoms with E-state index in [4.69, 9.17) is 20.6 Å². The molecule has 2 rings (SSSR count). The van der Waals surface area contributed by atoms with Gasteiger partial charge in [-0.05, 0) is 37.1 Å². The minimum atomic E-state index is -0.0671. The molecule has 0 atom stereocenters. The monoisotopic (exact) mass is 285 g/mol. The Hall–Kier alpha value is -2.56. The van der Waals surface area contributed by atoms with Gasteiger partial charge in [0, 0.05) is 6.20 Å². The molecule has 0 aliphatic heterocycles. The molecule has 2 aromatic rings.